The molecule has 7 heteroatoms. The van der Waals surface area contributed by atoms with Gasteiger partial charge in [-0.2, -0.15) is 5.10 Å². The largest absolute Gasteiger partial charge is 0.497 e. The number of benzene rings is 1. The number of carbonyl (C=O) groups is 1. The molecule has 2 fully saturated rings. The first-order valence-electron chi connectivity index (χ1n) is 9.38. The minimum absolute atomic E-state index is 0. The molecule has 0 saturated carbocycles. The van der Waals surface area contributed by atoms with E-state index in [4.69, 9.17) is 4.74 Å². The monoisotopic (exact) mass is 390 g/mol. The van der Waals surface area contributed by atoms with Crippen molar-refractivity contribution in [3.63, 3.8) is 0 Å². The van der Waals surface area contributed by atoms with Gasteiger partial charge in [-0.1, -0.05) is 12.1 Å². The van der Waals surface area contributed by atoms with Gasteiger partial charge in [0.25, 0.3) is 0 Å². The number of ether oxygens (including phenoxy) is 1. The SMILES string of the molecule is COc1ccc([C@H]2[C@H]3CNC[C@H]3CN2C(=O)CCCc2cn[nH]c2)cc1.Cl. The Bertz CT molecular complexity index is 735. The third-order valence-corrected chi connectivity index (χ3v) is 5.75. The molecule has 1 aromatic heterocycles. The molecule has 2 aromatic rings. The van der Waals surface area contributed by atoms with Crippen LogP contribution in [0.3, 0.4) is 0 Å². The number of aromatic amines is 1. The average molecular weight is 391 g/mol. The van der Waals surface area contributed by atoms with Crippen LogP contribution >= 0.6 is 12.4 Å². The number of nitrogens with one attached hydrogen (secondary N) is 2. The zero-order chi connectivity index (χ0) is 17.9. The number of aromatic nitrogens is 2. The smallest absolute Gasteiger partial charge is 0.223 e. The number of rotatable bonds is 6. The number of hydrogen-bond donors (Lipinski definition) is 2. The first-order valence-corrected chi connectivity index (χ1v) is 9.38. The molecule has 0 bridgehead atoms. The van der Waals surface area contributed by atoms with Gasteiger partial charge in [-0.05, 0) is 42.0 Å². The van der Waals surface area contributed by atoms with Crippen molar-refractivity contribution in [1.29, 1.82) is 0 Å². The lowest BCUT2D eigenvalue weighted by atomic mass is 9.89. The highest BCUT2D eigenvalue weighted by Crippen LogP contribution is 2.43. The summed E-state index contributed by atoms with van der Waals surface area (Å²) < 4.78 is 5.28. The maximum atomic E-state index is 13.0. The van der Waals surface area contributed by atoms with Gasteiger partial charge >= 0.3 is 0 Å². The van der Waals surface area contributed by atoms with Gasteiger partial charge in [-0.25, -0.2) is 0 Å². The molecule has 27 heavy (non-hydrogen) atoms. The fourth-order valence-corrected chi connectivity index (χ4v) is 4.41. The van der Waals surface area contributed by atoms with E-state index in [0.29, 0.717) is 18.3 Å². The molecule has 4 rings (SSSR count). The summed E-state index contributed by atoms with van der Waals surface area (Å²) in [6.07, 6.45) is 6.06. The van der Waals surface area contributed by atoms with Gasteiger partial charge in [0, 0.05) is 38.2 Å². The van der Waals surface area contributed by atoms with Crippen LogP contribution in [0.15, 0.2) is 36.7 Å². The predicted octanol–water partition coefficient (Wildman–Crippen LogP) is 2.58. The summed E-state index contributed by atoms with van der Waals surface area (Å²) in [5, 5.41) is 10.3. The Morgan fingerprint density at radius 3 is 2.81 bits per heavy atom. The zero-order valence-electron chi connectivity index (χ0n) is 15.6. The Labute approximate surface area is 166 Å². The van der Waals surface area contributed by atoms with Crippen LogP contribution in [0, 0.1) is 11.8 Å². The van der Waals surface area contributed by atoms with Crippen molar-refractivity contribution in [3.8, 4) is 5.75 Å². The van der Waals surface area contributed by atoms with Gasteiger partial charge < -0.3 is 15.0 Å². The average Bonchev–Trinajstić information content (AvgIpc) is 3.39. The van der Waals surface area contributed by atoms with Crippen LogP contribution in [0.5, 0.6) is 5.75 Å². The highest BCUT2D eigenvalue weighted by Gasteiger charge is 2.46. The van der Waals surface area contributed by atoms with E-state index in [9.17, 15) is 4.79 Å². The van der Waals surface area contributed by atoms with E-state index in [1.165, 1.54) is 5.56 Å². The lowest BCUT2D eigenvalue weighted by Gasteiger charge is -2.28. The molecule has 146 valence electrons. The van der Waals surface area contributed by atoms with Crippen LogP contribution in [0.25, 0.3) is 0 Å². The number of fused-ring (bicyclic) bond motifs is 1. The van der Waals surface area contributed by atoms with Gasteiger partial charge in [-0.15, -0.1) is 12.4 Å². The molecule has 2 N–H and O–H groups in total. The summed E-state index contributed by atoms with van der Waals surface area (Å²) in [7, 11) is 1.68. The summed E-state index contributed by atoms with van der Waals surface area (Å²) in [5.74, 6) is 2.18. The summed E-state index contributed by atoms with van der Waals surface area (Å²) in [6, 6.07) is 8.37. The van der Waals surface area contributed by atoms with Crippen LogP contribution in [-0.4, -0.2) is 47.7 Å². The summed E-state index contributed by atoms with van der Waals surface area (Å²) >= 11 is 0. The molecule has 2 aliphatic rings. The Balaban J connectivity index is 0.00000210. The molecule has 2 saturated heterocycles. The van der Waals surface area contributed by atoms with Crippen molar-refractivity contribution in [2.45, 2.75) is 25.3 Å². The van der Waals surface area contributed by atoms with Crippen molar-refractivity contribution in [3.05, 3.63) is 47.8 Å². The number of carbonyl (C=O) groups excluding carboxylic acids is 1. The lowest BCUT2D eigenvalue weighted by Crippen LogP contribution is -2.34. The molecule has 0 spiro atoms. The van der Waals surface area contributed by atoms with E-state index in [1.807, 2.05) is 24.5 Å². The van der Waals surface area contributed by atoms with Gasteiger partial charge in [-0.3, -0.25) is 9.89 Å². The van der Waals surface area contributed by atoms with Crippen molar-refractivity contribution in [2.75, 3.05) is 26.7 Å². The third-order valence-electron chi connectivity index (χ3n) is 5.75. The number of likely N-dealkylation sites (tertiary alicyclic amines) is 1. The molecule has 0 aliphatic carbocycles. The highest BCUT2D eigenvalue weighted by atomic mass is 35.5. The number of H-pyrrole nitrogens is 1. The van der Waals surface area contributed by atoms with E-state index >= 15 is 0 Å². The van der Waals surface area contributed by atoms with Crippen molar-refractivity contribution < 1.29 is 9.53 Å². The Kier molecular flexibility index (Phi) is 6.39. The molecule has 0 radical (unpaired) electrons. The number of halogens is 1. The van der Waals surface area contributed by atoms with Crippen LogP contribution < -0.4 is 10.1 Å². The molecular formula is C20H27ClN4O2. The van der Waals surface area contributed by atoms with Crippen molar-refractivity contribution >= 4 is 18.3 Å². The van der Waals surface area contributed by atoms with Gasteiger partial charge in [0.1, 0.15) is 5.75 Å². The lowest BCUT2D eigenvalue weighted by molar-refractivity contribution is -0.132. The first kappa shape index (κ1) is 19.7. The molecule has 1 aromatic carbocycles. The van der Waals surface area contributed by atoms with Gasteiger partial charge in [0.2, 0.25) is 5.91 Å². The second kappa shape index (κ2) is 8.76. The fourth-order valence-electron chi connectivity index (χ4n) is 4.41. The van der Waals surface area contributed by atoms with Crippen molar-refractivity contribution in [1.82, 2.24) is 20.4 Å². The number of hydrogen-bond acceptors (Lipinski definition) is 4. The number of amides is 1. The third kappa shape index (κ3) is 4.12. The van der Waals surface area contributed by atoms with Gasteiger partial charge in [0.05, 0.1) is 19.3 Å². The predicted molar refractivity (Wildman–Crippen MR) is 106 cm³/mol. The van der Waals surface area contributed by atoms with Gasteiger partial charge in [0.15, 0.2) is 0 Å². The minimum Gasteiger partial charge on any atom is -0.497 e. The van der Waals surface area contributed by atoms with Crippen LogP contribution in [-0.2, 0) is 11.2 Å². The molecule has 1 amide bonds. The maximum absolute atomic E-state index is 13.0. The first-order chi connectivity index (χ1) is 12.8. The summed E-state index contributed by atoms with van der Waals surface area (Å²) in [4.78, 5) is 15.1. The molecule has 3 heterocycles. The summed E-state index contributed by atoms with van der Waals surface area (Å²) in [6.45, 7) is 2.86. The molecule has 3 atom stereocenters. The number of methoxy groups -OCH3 is 1. The topological polar surface area (TPSA) is 70.2 Å². The van der Waals surface area contributed by atoms with E-state index in [1.54, 1.807) is 7.11 Å². The number of nitrogens with zero attached hydrogens (tertiary/aromatic N) is 2. The number of aryl methyl sites for hydroxylation is 1. The molecular weight excluding hydrogens is 364 g/mol. The fraction of sp³-hybridized carbons (Fsp3) is 0.500. The Morgan fingerprint density at radius 2 is 2.11 bits per heavy atom. The Morgan fingerprint density at radius 1 is 1.30 bits per heavy atom. The molecule has 0 unspecified atom stereocenters. The van der Waals surface area contributed by atoms with Crippen LogP contribution in [0.1, 0.15) is 30.0 Å². The second-order valence-corrected chi connectivity index (χ2v) is 7.31. The normalized spacial score (nSPS) is 23.7. The van der Waals surface area contributed by atoms with E-state index in [-0.39, 0.29) is 24.4 Å². The Hall–Kier alpha value is -2.05. The summed E-state index contributed by atoms with van der Waals surface area (Å²) in [5.41, 5.74) is 2.37. The van der Waals surface area contributed by atoms with Crippen molar-refractivity contribution in [2.24, 2.45) is 11.8 Å². The van der Waals surface area contributed by atoms with E-state index in [2.05, 4.69) is 32.5 Å². The maximum Gasteiger partial charge on any atom is 0.223 e. The standard InChI is InChI=1S/C20H26N4O2.ClH/c1-26-17-7-5-15(6-8-17)20-18-12-21-11-16(18)13-24(20)19(25)4-2-3-14-9-22-23-10-14;/h5-10,16,18,20-21H,2-4,11-13H2,1H3,(H,22,23);1H/t16-,18-,20-;/m0./s1. The highest BCUT2D eigenvalue weighted by molar-refractivity contribution is 5.85. The quantitative estimate of drug-likeness (QED) is 0.795. The molecule has 6 nitrogen and oxygen atoms in total. The minimum atomic E-state index is 0. The van der Waals surface area contributed by atoms with E-state index in [0.717, 1.165) is 43.8 Å². The zero-order valence-corrected chi connectivity index (χ0v) is 16.4. The van der Waals surface area contributed by atoms with Crippen LogP contribution in [0.4, 0.5) is 0 Å². The van der Waals surface area contributed by atoms with Crippen LogP contribution in [0.2, 0.25) is 0 Å². The van der Waals surface area contributed by atoms with E-state index < -0.39 is 0 Å². The second-order valence-electron chi connectivity index (χ2n) is 7.31. The molecule has 2 aliphatic heterocycles.